The molecule has 0 heterocycles. The molecular weight excluding hydrogens is 409 g/mol. The predicted molar refractivity (Wildman–Crippen MR) is 108 cm³/mol. The molecule has 0 unspecified atom stereocenters. The molecule has 1 aromatic rings. The average molecular weight is 437 g/mol. The maximum atomic E-state index is 5.39. The quantitative estimate of drug-likeness (QED) is 0.270. The van der Waals surface area contributed by atoms with Crippen molar-refractivity contribution >= 4 is 41.7 Å². The zero-order chi connectivity index (χ0) is 15.3. The van der Waals surface area contributed by atoms with E-state index in [-0.39, 0.29) is 24.0 Å². The minimum Gasteiger partial charge on any atom is -0.377 e. The highest BCUT2D eigenvalue weighted by Crippen LogP contribution is 2.07. The minimum absolute atomic E-state index is 0. The van der Waals surface area contributed by atoms with E-state index in [4.69, 9.17) is 4.74 Å². The van der Waals surface area contributed by atoms with E-state index in [2.05, 4.69) is 53.1 Å². The highest BCUT2D eigenvalue weighted by atomic mass is 127. The molecule has 0 aromatic heterocycles. The van der Waals surface area contributed by atoms with Crippen molar-refractivity contribution in [3.63, 3.8) is 0 Å². The number of guanidine groups is 1. The van der Waals surface area contributed by atoms with Crippen LogP contribution < -0.4 is 10.6 Å². The second-order valence-corrected chi connectivity index (χ2v) is 5.55. The molecule has 0 saturated carbocycles. The molecule has 1 aromatic carbocycles. The Hall–Kier alpha value is -0.470. The van der Waals surface area contributed by atoms with Crippen LogP contribution in [0.1, 0.15) is 25.0 Å². The number of hydrogen-bond donors (Lipinski definition) is 2. The van der Waals surface area contributed by atoms with E-state index in [0.717, 1.165) is 31.4 Å². The molecule has 126 valence electrons. The van der Waals surface area contributed by atoms with Gasteiger partial charge in [0.2, 0.25) is 0 Å². The third kappa shape index (κ3) is 9.53. The number of nitrogens with zero attached hydrogens (tertiary/aromatic N) is 1. The van der Waals surface area contributed by atoms with Crippen LogP contribution >= 0.6 is 35.7 Å². The van der Waals surface area contributed by atoms with Crippen LogP contribution in [0.15, 0.2) is 29.3 Å². The molecule has 0 radical (unpaired) electrons. The zero-order valence-corrected chi connectivity index (χ0v) is 16.9. The first kappa shape index (κ1) is 21.5. The van der Waals surface area contributed by atoms with Crippen molar-refractivity contribution in [1.82, 2.24) is 10.6 Å². The van der Waals surface area contributed by atoms with Crippen molar-refractivity contribution in [2.75, 3.05) is 31.7 Å². The van der Waals surface area contributed by atoms with Gasteiger partial charge in [-0.3, -0.25) is 0 Å². The van der Waals surface area contributed by atoms with Gasteiger partial charge in [0.1, 0.15) is 0 Å². The minimum atomic E-state index is 0. The fraction of sp³-hybridized carbons (Fsp3) is 0.562. The average Bonchev–Trinajstić information content (AvgIpc) is 2.52. The van der Waals surface area contributed by atoms with Crippen molar-refractivity contribution in [2.45, 2.75) is 27.0 Å². The smallest absolute Gasteiger partial charge is 0.191 e. The van der Waals surface area contributed by atoms with Crippen molar-refractivity contribution < 1.29 is 4.74 Å². The monoisotopic (exact) mass is 437 g/mol. The molecule has 0 aliphatic carbocycles. The van der Waals surface area contributed by atoms with Gasteiger partial charge in [-0.25, -0.2) is 4.99 Å². The van der Waals surface area contributed by atoms with Crippen molar-refractivity contribution in [2.24, 2.45) is 4.99 Å². The number of benzene rings is 1. The SMILES string of the molecule is CCNC(=NCc1ccc(COCC)cc1)NCCSC.I. The van der Waals surface area contributed by atoms with Crippen LogP contribution in [0.5, 0.6) is 0 Å². The summed E-state index contributed by atoms with van der Waals surface area (Å²) >= 11 is 1.83. The molecule has 4 nitrogen and oxygen atoms in total. The lowest BCUT2D eigenvalue weighted by Gasteiger charge is -2.10. The van der Waals surface area contributed by atoms with Crippen LogP contribution in [0, 0.1) is 0 Å². The topological polar surface area (TPSA) is 45.7 Å². The van der Waals surface area contributed by atoms with Crippen LogP contribution in [0.3, 0.4) is 0 Å². The fourth-order valence-electron chi connectivity index (χ4n) is 1.74. The van der Waals surface area contributed by atoms with Gasteiger partial charge in [-0.05, 0) is 31.2 Å². The predicted octanol–water partition coefficient (Wildman–Crippen LogP) is 3.26. The lowest BCUT2D eigenvalue weighted by Crippen LogP contribution is -2.38. The second kappa shape index (κ2) is 14.1. The van der Waals surface area contributed by atoms with Crippen LogP contribution in [-0.2, 0) is 17.9 Å². The lowest BCUT2D eigenvalue weighted by atomic mass is 10.1. The third-order valence-corrected chi connectivity index (χ3v) is 3.47. The first-order valence-electron chi connectivity index (χ1n) is 7.46. The summed E-state index contributed by atoms with van der Waals surface area (Å²) in [6, 6.07) is 8.44. The zero-order valence-electron chi connectivity index (χ0n) is 13.7. The van der Waals surface area contributed by atoms with Crippen LogP contribution in [0.2, 0.25) is 0 Å². The van der Waals surface area contributed by atoms with Gasteiger partial charge in [0.25, 0.3) is 0 Å². The van der Waals surface area contributed by atoms with E-state index >= 15 is 0 Å². The molecule has 22 heavy (non-hydrogen) atoms. The van der Waals surface area contributed by atoms with Crippen LogP contribution in [0.25, 0.3) is 0 Å². The Morgan fingerprint density at radius 2 is 1.82 bits per heavy atom. The molecule has 0 atom stereocenters. The number of thioether (sulfide) groups is 1. The maximum Gasteiger partial charge on any atom is 0.191 e. The molecule has 1 rings (SSSR count). The summed E-state index contributed by atoms with van der Waals surface area (Å²) in [5, 5.41) is 6.59. The molecular formula is C16H28IN3OS. The molecule has 0 fully saturated rings. The lowest BCUT2D eigenvalue weighted by molar-refractivity contribution is 0.134. The number of hydrogen-bond acceptors (Lipinski definition) is 3. The first-order chi connectivity index (χ1) is 10.3. The van der Waals surface area contributed by atoms with E-state index in [9.17, 15) is 0 Å². The second-order valence-electron chi connectivity index (χ2n) is 4.57. The summed E-state index contributed by atoms with van der Waals surface area (Å²) in [7, 11) is 0. The Labute approximate surface area is 155 Å². The van der Waals surface area contributed by atoms with Crippen molar-refractivity contribution in [1.29, 1.82) is 0 Å². The van der Waals surface area contributed by atoms with E-state index in [1.54, 1.807) is 0 Å². The summed E-state index contributed by atoms with van der Waals surface area (Å²) in [5.41, 5.74) is 2.41. The Balaban J connectivity index is 0.00000441. The Morgan fingerprint density at radius 1 is 1.14 bits per heavy atom. The van der Waals surface area contributed by atoms with Gasteiger partial charge in [-0.2, -0.15) is 11.8 Å². The Kier molecular flexibility index (Phi) is 13.8. The molecule has 0 spiro atoms. The fourth-order valence-corrected chi connectivity index (χ4v) is 2.05. The molecule has 0 bridgehead atoms. The van der Waals surface area contributed by atoms with Crippen molar-refractivity contribution in [3.8, 4) is 0 Å². The highest BCUT2D eigenvalue weighted by Gasteiger charge is 1.98. The van der Waals surface area contributed by atoms with Crippen LogP contribution in [-0.4, -0.2) is 37.7 Å². The number of ether oxygens (including phenoxy) is 1. The van der Waals surface area contributed by atoms with Crippen LogP contribution in [0.4, 0.5) is 0 Å². The Bertz CT molecular complexity index is 412. The summed E-state index contributed by atoms with van der Waals surface area (Å²) in [6.07, 6.45) is 2.11. The number of aliphatic imine (C=N–C) groups is 1. The van der Waals surface area contributed by atoms with Crippen molar-refractivity contribution in [3.05, 3.63) is 35.4 Å². The van der Waals surface area contributed by atoms with Gasteiger partial charge in [-0.15, -0.1) is 24.0 Å². The highest BCUT2D eigenvalue weighted by molar-refractivity contribution is 14.0. The van der Waals surface area contributed by atoms with Gasteiger partial charge in [0.15, 0.2) is 5.96 Å². The van der Waals surface area contributed by atoms with Gasteiger partial charge >= 0.3 is 0 Å². The maximum absolute atomic E-state index is 5.39. The third-order valence-electron chi connectivity index (χ3n) is 2.86. The number of halogens is 1. The van der Waals surface area contributed by atoms with E-state index in [0.29, 0.717) is 13.2 Å². The van der Waals surface area contributed by atoms with E-state index in [1.165, 1.54) is 11.1 Å². The largest absolute Gasteiger partial charge is 0.377 e. The van der Waals surface area contributed by atoms with Gasteiger partial charge < -0.3 is 15.4 Å². The summed E-state index contributed by atoms with van der Waals surface area (Å²) in [4.78, 5) is 4.60. The summed E-state index contributed by atoms with van der Waals surface area (Å²) in [6.45, 7) is 8.00. The summed E-state index contributed by atoms with van der Waals surface area (Å²) in [5.74, 6) is 1.96. The number of nitrogens with one attached hydrogen (secondary N) is 2. The molecule has 0 aliphatic heterocycles. The van der Waals surface area contributed by atoms with Gasteiger partial charge in [0, 0.05) is 25.4 Å². The Morgan fingerprint density at radius 3 is 2.41 bits per heavy atom. The molecule has 6 heteroatoms. The van der Waals surface area contributed by atoms with Gasteiger partial charge in [0.05, 0.1) is 13.2 Å². The van der Waals surface area contributed by atoms with E-state index in [1.807, 2.05) is 18.7 Å². The van der Waals surface area contributed by atoms with E-state index < -0.39 is 0 Å². The molecule has 0 saturated heterocycles. The summed E-state index contributed by atoms with van der Waals surface area (Å²) < 4.78 is 5.39. The standard InChI is InChI=1S/C16H27N3OS.HI/c1-4-17-16(18-10-11-21-3)19-12-14-6-8-15(9-7-14)13-20-5-2;/h6-9H,4-5,10-13H2,1-3H3,(H2,17,18,19);1H. The normalized spacial score (nSPS) is 11.0. The number of rotatable bonds is 9. The van der Waals surface area contributed by atoms with Gasteiger partial charge in [-0.1, -0.05) is 24.3 Å². The first-order valence-corrected chi connectivity index (χ1v) is 8.86. The molecule has 0 amide bonds. The molecule has 2 N–H and O–H groups in total. The molecule has 0 aliphatic rings.